The van der Waals surface area contributed by atoms with Crippen LogP contribution in [0.4, 0.5) is 5.82 Å². The van der Waals surface area contributed by atoms with Crippen LogP contribution in [0.25, 0.3) is 0 Å². The van der Waals surface area contributed by atoms with Crippen molar-refractivity contribution in [2.24, 2.45) is 5.92 Å². The van der Waals surface area contributed by atoms with Crippen LogP contribution in [0, 0.1) is 12.8 Å². The van der Waals surface area contributed by atoms with Crippen LogP contribution < -0.4 is 4.90 Å². The van der Waals surface area contributed by atoms with Crippen molar-refractivity contribution in [1.82, 2.24) is 20.0 Å². The van der Waals surface area contributed by atoms with Crippen LogP contribution in [0.2, 0.25) is 0 Å². The Morgan fingerprint density at radius 2 is 2.00 bits per heavy atom. The molecule has 2 saturated heterocycles. The Morgan fingerprint density at radius 3 is 2.72 bits per heavy atom. The van der Waals surface area contributed by atoms with Gasteiger partial charge in [0.05, 0.1) is 5.69 Å². The number of likely N-dealkylation sites (N-methyl/N-ethyl adjacent to an activating group) is 1. The first-order valence-corrected chi connectivity index (χ1v) is 9.60. The third kappa shape index (κ3) is 3.50. The molecule has 3 heterocycles. The van der Waals surface area contributed by atoms with Gasteiger partial charge in [0.15, 0.2) is 5.82 Å². The summed E-state index contributed by atoms with van der Waals surface area (Å²) in [5, 5.41) is 8.61. The van der Waals surface area contributed by atoms with Crippen LogP contribution in [0.5, 0.6) is 0 Å². The fraction of sp³-hybridized carbons (Fsp3) is 0.737. The van der Waals surface area contributed by atoms with Crippen LogP contribution >= 0.6 is 0 Å². The van der Waals surface area contributed by atoms with Gasteiger partial charge in [-0.25, -0.2) is 0 Å². The third-order valence-electron chi connectivity index (χ3n) is 6.29. The molecule has 6 heteroatoms. The Morgan fingerprint density at radius 1 is 1.16 bits per heavy atom. The Balaban J connectivity index is 1.50. The number of nitrogens with zero attached hydrogens (tertiary/aromatic N) is 5. The lowest BCUT2D eigenvalue weighted by atomic mass is 9.86. The van der Waals surface area contributed by atoms with Crippen LogP contribution in [0.15, 0.2) is 12.1 Å². The molecule has 4 rings (SSSR count). The molecule has 3 aliphatic rings. The van der Waals surface area contributed by atoms with Gasteiger partial charge in [0, 0.05) is 44.7 Å². The first kappa shape index (κ1) is 16.8. The summed E-state index contributed by atoms with van der Waals surface area (Å²) >= 11 is 0. The Hall–Kier alpha value is -1.69. The summed E-state index contributed by atoms with van der Waals surface area (Å²) in [5.74, 6) is 2.08. The lowest BCUT2D eigenvalue weighted by molar-refractivity contribution is -0.130. The zero-order chi connectivity index (χ0) is 17.4. The molecule has 3 fully saturated rings. The van der Waals surface area contributed by atoms with Crippen molar-refractivity contribution in [2.75, 3.05) is 44.7 Å². The molecule has 0 unspecified atom stereocenters. The van der Waals surface area contributed by atoms with Crippen molar-refractivity contribution in [3.63, 3.8) is 0 Å². The minimum atomic E-state index is 0.0682. The summed E-state index contributed by atoms with van der Waals surface area (Å²) in [6, 6.07) is 4.10. The molecule has 1 aromatic rings. The highest BCUT2D eigenvalue weighted by Gasteiger charge is 2.43. The summed E-state index contributed by atoms with van der Waals surface area (Å²) in [6.45, 7) is 6.75. The number of aryl methyl sites for hydroxylation is 1. The average Bonchev–Trinajstić information content (AvgIpc) is 3.44. The summed E-state index contributed by atoms with van der Waals surface area (Å²) < 4.78 is 0. The highest BCUT2D eigenvalue weighted by Crippen LogP contribution is 2.35. The minimum absolute atomic E-state index is 0.0682. The van der Waals surface area contributed by atoms with Gasteiger partial charge in [-0.1, -0.05) is 0 Å². The Kier molecular flexibility index (Phi) is 4.40. The van der Waals surface area contributed by atoms with Gasteiger partial charge in [0.25, 0.3) is 0 Å². The predicted molar refractivity (Wildman–Crippen MR) is 97.5 cm³/mol. The molecule has 136 valence electrons. The topological polar surface area (TPSA) is 52.6 Å². The molecule has 1 spiro atoms. The molecule has 6 nitrogen and oxygen atoms in total. The van der Waals surface area contributed by atoms with Crippen LogP contribution in [-0.2, 0) is 4.79 Å². The molecule has 0 N–H and O–H groups in total. The van der Waals surface area contributed by atoms with E-state index in [0.717, 1.165) is 63.0 Å². The number of likely N-dealkylation sites (tertiary alicyclic amines) is 1. The van der Waals surface area contributed by atoms with E-state index < -0.39 is 0 Å². The largest absolute Gasteiger partial charge is 0.352 e. The number of carbonyl (C=O) groups is 1. The van der Waals surface area contributed by atoms with Crippen molar-refractivity contribution < 1.29 is 4.79 Å². The molecule has 1 saturated carbocycles. The fourth-order valence-corrected chi connectivity index (χ4v) is 4.25. The van der Waals surface area contributed by atoms with Crippen LogP contribution in [0.3, 0.4) is 0 Å². The van der Waals surface area contributed by atoms with Gasteiger partial charge in [0.1, 0.15) is 0 Å². The van der Waals surface area contributed by atoms with Gasteiger partial charge in [-0.15, -0.1) is 5.10 Å². The second kappa shape index (κ2) is 6.56. The normalized spacial score (nSPS) is 28.5. The van der Waals surface area contributed by atoms with E-state index in [2.05, 4.69) is 38.0 Å². The third-order valence-corrected chi connectivity index (χ3v) is 6.29. The molecule has 0 bridgehead atoms. The highest BCUT2D eigenvalue weighted by atomic mass is 16.2. The number of hydrogen-bond donors (Lipinski definition) is 0. The monoisotopic (exact) mass is 343 g/mol. The van der Waals surface area contributed by atoms with Gasteiger partial charge in [-0.05, 0) is 57.7 Å². The van der Waals surface area contributed by atoms with Crippen molar-refractivity contribution in [1.29, 1.82) is 0 Å². The average molecular weight is 343 g/mol. The predicted octanol–water partition coefficient (Wildman–Crippen LogP) is 1.70. The number of piperazine rings is 1. The molecule has 25 heavy (non-hydrogen) atoms. The van der Waals surface area contributed by atoms with Crippen molar-refractivity contribution in [3.8, 4) is 0 Å². The Bertz CT molecular complexity index is 629. The van der Waals surface area contributed by atoms with Crippen molar-refractivity contribution in [2.45, 2.75) is 44.6 Å². The maximum Gasteiger partial charge on any atom is 0.222 e. The van der Waals surface area contributed by atoms with E-state index >= 15 is 0 Å². The number of rotatable bonds is 3. The Labute approximate surface area is 150 Å². The molecule has 1 amide bonds. The van der Waals surface area contributed by atoms with E-state index in [-0.39, 0.29) is 5.54 Å². The molecular formula is C19H29N5O. The summed E-state index contributed by atoms with van der Waals surface area (Å²) in [4.78, 5) is 19.5. The smallest absolute Gasteiger partial charge is 0.222 e. The number of carbonyl (C=O) groups excluding carboxylic acids is 1. The van der Waals surface area contributed by atoms with Crippen molar-refractivity contribution >= 4 is 11.7 Å². The van der Waals surface area contributed by atoms with Gasteiger partial charge in [-0.2, -0.15) is 5.10 Å². The van der Waals surface area contributed by atoms with Crippen molar-refractivity contribution in [3.05, 3.63) is 17.8 Å². The number of anilines is 1. The standard InChI is InChI=1S/C19H29N5O/c1-15-3-6-17(21-20-15)24-12-11-22(2)19(14-24)8-7-18(25)23(10-9-19)13-16-4-5-16/h3,6,16H,4-5,7-14H2,1-2H3/t19-/m0/s1. The van der Waals surface area contributed by atoms with Gasteiger partial charge in [-0.3, -0.25) is 9.69 Å². The lowest BCUT2D eigenvalue weighted by Crippen LogP contribution is -2.61. The molecule has 0 aromatic carbocycles. The van der Waals surface area contributed by atoms with E-state index in [9.17, 15) is 4.79 Å². The SMILES string of the molecule is Cc1ccc(N2CCN(C)[C@]3(CCC(=O)N(CC4CC4)CC3)C2)nn1. The van der Waals surface area contributed by atoms with E-state index in [1.165, 1.54) is 12.8 Å². The molecule has 1 aliphatic carbocycles. The van der Waals surface area contributed by atoms with E-state index in [1.807, 2.05) is 13.0 Å². The van der Waals surface area contributed by atoms with E-state index in [0.29, 0.717) is 12.3 Å². The number of hydrogen-bond acceptors (Lipinski definition) is 5. The van der Waals surface area contributed by atoms with E-state index in [4.69, 9.17) is 0 Å². The molecule has 0 radical (unpaired) electrons. The van der Waals surface area contributed by atoms with Gasteiger partial charge in [0.2, 0.25) is 5.91 Å². The van der Waals surface area contributed by atoms with E-state index in [1.54, 1.807) is 0 Å². The van der Waals surface area contributed by atoms with Gasteiger partial charge < -0.3 is 9.80 Å². The molecule has 1 atom stereocenters. The summed E-state index contributed by atoms with van der Waals surface area (Å²) in [6.07, 6.45) is 5.27. The summed E-state index contributed by atoms with van der Waals surface area (Å²) in [7, 11) is 2.22. The molecule has 1 aromatic heterocycles. The van der Waals surface area contributed by atoms with Crippen LogP contribution in [-0.4, -0.2) is 71.2 Å². The second-order valence-corrected chi connectivity index (χ2v) is 8.13. The zero-order valence-electron chi connectivity index (χ0n) is 15.4. The first-order valence-electron chi connectivity index (χ1n) is 9.60. The minimum Gasteiger partial charge on any atom is -0.352 e. The fourth-order valence-electron chi connectivity index (χ4n) is 4.25. The maximum atomic E-state index is 12.6. The quantitative estimate of drug-likeness (QED) is 0.836. The summed E-state index contributed by atoms with van der Waals surface area (Å²) in [5.41, 5.74) is 1.02. The molecular weight excluding hydrogens is 314 g/mol. The van der Waals surface area contributed by atoms with Crippen LogP contribution in [0.1, 0.15) is 37.8 Å². The highest BCUT2D eigenvalue weighted by molar-refractivity contribution is 5.76. The zero-order valence-corrected chi connectivity index (χ0v) is 15.4. The first-order chi connectivity index (χ1) is 12.1. The lowest BCUT2D eigenvalue weighted by Gasteiger charge is -2.49. The maximum absolute atomic E-state index is 12.6. The number of aromatic nitrogens is 2. The number of amides is 1. The molecule has 2 aliphatic heterocycles. The second-order valence-electron chi connectivity index (χ2n) is 8.13. The van der Waals surface area contributed by atoms with Gasteiger partial charge >= 0.3 is 0 Å².